The molecule has 1 amide bonds. The summed E-state index contributed by atoms with van der Waals surface area (Å²) in [6.45, 7) is 1.28. The molecule has 0 heterocycles. The fraction of sp³-hybridized carbons (Fsp3) is 0.429. The first-order valence-corrected chi connectivity index (χ1v) is 6.34. The summed E-state index contributed by atoms with van der Waals surface area (Å²) in [6.07, 6.45) is 0.315. The highest BCUT2D eigenvalue weighted by atomic mass is 16.4. The average molecular weight is 280 g/mol. The Bertz CT molecular complexity index is 486. The maximum atomic E-state index is 11.6. The second kappa shape index (κ2) is 6.91. The quantitative estimate of drug-likeness (QED) is 0.545. The van der Waals surface area contributed by atoms with E-state index in [9.17, 15) is 14.7 Å². The van der Waals surface area contributed by atoms with Gasteiger partial charge < -0.3 is 21.3 Å². The number of para-hydroxylation sites is 1. The van der Waals surface area contributed by atoms with Crippen molar-refractivity contribution in [1.29, 1.82) is 0 Å². The van der Waals surface area contributed by atoms with Crippen molar-refractivity contribution in [3.63, 3.8) is 0 Å². The van der Waals surface area contributed by atoms with Crippen LogP contribution in [0.15, 0.2) is 24.3 Å². The molecule has 6 nitrogen and oxygen atoms in total. The molecule has 0 saturated carbocycles. The first-order chi connectivity index (χ1) is 9.30. The third-order valence-corrected chi connectivity index (χ3v) is 2.87. The van der Waals surface area contributed by atoms with Gasteiger partial charge in [-0.2, -0.15) is 0 Å². The Balaban J connectivity index is 2.38. The number of aryl methyl sites for hydroxylation is 1. The van der Waals surface area contributed by atoms with Gasteiger partial charge in [0, 0.05) is 18.7 Å². The predicted molar refractivity (Wildman–Crippen MR) is 75.1 cm³/mol. The summed E-state index contributed by atoms with van der Waals surface area (Å²) in [5.41, 5.74) is 5.84. The SMILES string of the molecule is CC(O)(CNC(=O)CCc1ccccc1N)CC(=O)O. The summed E-state index contributed by atoms with van der Waals surface area (Å²) in [7, 11) is 0. The van der Waals surface area contributed by atoms with Crippen molar-refractivity contribution in [3.8, 4) is 0 Å². The summed E-state index contributed by atoms with van der Waals surface area (Å²) in [5, 5.41) is 20.9. The Labute approximate surface area is 117 Å². The van der Waals surface area contributed by atoms with Gasteiger partial charge in [-0.3, -0.25) is 9.59 Å². The van der Waals surface area contributed by atoms with E-state index in [0.717, 1.165) is 5.56 Å². The van der Waals surface area contributed by atoms with Crippen LogP contribution in [0.2, 0.25) is 0 Å². The number of anilines is 1. The molecule has 0 aliphatic carbocycles. The lowest BCUT2D eigenvalue weighted by Gasteiger charge is -2.21. The van der Waals surface area contributed by atoms with E-state index in [0.29, 0.717) is 12.1 Å². The molecule has 20 heavy (non-hydrogen) atoms. The molecule has 0 bridgehead atoms. The number of hydrogen-bond donors (Lipinski definition) is 4. The van der Waals surface area contributed by atoms with Crippen LogP contribution in [0.25, 0.3) is 0 Å². The van der Waals surface area contributed by atoms with Crippen LogP contribution < -0.4 is 11.1 Å². The van der Waals surface area contributed by atoms with Crippen molar-refractivity contribution in [2.45, 2.75) is 31.8 Å². The molecule has 5 N–H and O–H groups in total. The monoisotopic (exact) mass is 280 g/mol. The summed E-state index contributed by atoms with van der Waals surface area (Å²) in [6, 6.07) is 7.29. The van der Waals surface area contributed by atoms with Crippen molar-refractivity contribution >= 4 is 17.6 Å². The molecule has 1 aromatic carbocycles. The number of amides is 1. The Kier molecular flexibility index (Phi) is 5.52. The predicted octanol–water partition coefficient (Wildman–Crippen LogP) is 0.543. The third kappa shape index (κ3) is 5.71. The van der Waals surface area contributed by atoms with Crippen molar-refractivity contribution < 1.29 is 19.8 Å². The number of nitrogens with one attached hydrogen (secondary N) is 1. The van der Waals surface area contributed by atoms with Gasteiger partial charge in [-0.05, 0) is 25.0 Å². The molecule has 0 aliphatic rings. The van der Waals surface area contributed by atoms with E-state index in [1.165, 1.54) is 6.92 Å². The van der Waals surface area contributed by atoms with Gasteiger partial charge in [-0.1, -0.05) is 18.2 Å². The van der Waals surface area contributed by atoms with Crippen LogP contribution in [0.4, 0.5) is 5.69 Å². The fourth-order valence-electron chi connectivity index (χ4n) is 1.78. The van der Waals surface area contributed by atoms with Crippen LogP contribution in [0.3, 0.4) is 0 Å². The maximum Gasteiger partial charge on any atom is 0.306 e. The number of aliphatic carboxylic acids is 1. The Hall–Kier alpha value is -2.08. The highest BCUT2D eigenvalue weighted by Crippen LogP contribution is 2.13. The van der Waals surface area contributed by atoms with Crippen LogP contribution >= 0.6 is 0 Å². The molecule has 1 unspecified atom stereocenters. The van der Waals surface area contributed by atoms with Crippen molar-refractivity contribution in [2.75, 3.05) is 12.3 Å². The van der Waals surface area contributed by atoms with Crippen molar-refractivity contribution in [2.24, 2.45) is 0 Å². The lowest BCUT2D eigenvalue weighted by atomic mass is 10.0. The number of rotatable bonds is 7. The van der Waals surface area contributed by atoms with Gasteiger partial charge in [0.1, 0.15) is 0 Å². The minimum Gasteiger partial charge on any atom is -0.481 e. The van der Waals surface area contributed by atoms with E-state index in [2.05, 4.69) is 5.32 Å². The molecule has 110 valence electrons. The van der Waals surface area contributed by atoms with Crippen molar-refractivity contribution in [3.05, 3.63) is 29.8 Å². The fourth-order valence-corrected chi connectivity index (χ4v) is 1.78. The summed E-state index contributed by atoms with van der Waals surface area (Å²) in [4.78, 5) is 22.2. The smallest absolute Gasteiger partial charge is 0.306 e. The van der Waals surface area contributed by atoms with Gasteiger partial charge in [-0.25, -0.2) is 0 Å². The lowest BCUT2D eigenvalue weighted by Crippen LogP contribution is -2.42. The largest absolute Gasteiger partial charge is 0.481 e. The first kappa shape index (κ1) is 16.0. The number of nitrogen functional groups attached to an aromatic ring is 1. The zero-order valence-corrected chi connectivity index (χ0v) is 11.4. The molecule has 0 fully saturated rings. The molecule has 0 radical (unpaired) electrons. The standard InChI is InChI=1S/C14H20N2O4/c1-14(20,8-13(18)19)9-16-12(17)7-6-10-4-2-3-5-11(10)15/h2-5,20H,6-9,15H2,1H3,(H,16,17)(H,18,19). The van der Waals surface area contributed by atoms with E-state index in [4.69, 9.17) is 10.8 Å². The molecule has 1 atom stereocenters. The second-order valence-corrected chi connectivity index (χ2v) is 5.04. The molecule has 1 rings (SSSR count). The highest BCUT2D eigenvalue weighted by Gasteiger charge is 2.24. The molecule has 0 saturated heterocycles. The lowest BCUT2D eigenvalue weighted by molar-refractivity contribution is -0.142. The van der Waals surface area contributed by atoms with Crippen molar-refractivity contribution in [1.82, 2.24) is 5.32 Å². The van der Waals surface area contributed by atoms with Crippen LogP contribution in [0.1, 0.15) is 25.3 Å². The van der Waals surface area contributed by atoms with E-state index in [1.807, 2.05) is 18.2 Å². The summed E-state index contributed by atoms with van der Waals surface area (Å²) in [5.74, 6) is -1.36. The number of hydrogen-bond acceptors (Lipinski definition) is 4. The highest BCUT2D eigenvalue weighted by molar-refractivity contribution is 5.76. The topological polar surface area (TPSA) is 113 Å². The van der Waals surface area contributed by atoms with Gasteiger partial charge in [0.05, 0.1) is 12.0 Å². The van der Waals surface area contributed by atoms with Crippen LogP contribution in [0.5, 0.6) is 0 Å². The van der Waals surface area contributed by atoms with Gasteiger partial charge in [0.25, 0.3) is 0 Å². The summed E-state index contributed by atoms with van der Waals surface area (Å²) >= 11 is 0. The summed E-state index contributed by atoms with van der Waals surface area (Å²) < 4.78 is 0. The number of nitrogens with two attached hydrogens (primary N) is 1. The Morgan fingerprint density at radius 1 is 1.35 bits per heavy atom. The minimum atomic E-state index is -1.45. The molecular weight excluding hydrogens is 260 g/mol. The molecule has 6 heteroatoms. The number of benzene rings is 1. The van der Waals surface area contributed by atoms with Gasteiger partial charge >= 0.3 is 5.97 Å². The van der Waals surface area contributed by atoms with Crippen LogP contribution in [-0.4, -0.2) is 34.2 Å². The van der Waals surface area contributed by atoms with E-state index in [-0.39, 0.29) is 18.9 Å². The van der Waals surface area contributed by atoms with E-state index < -0.39 is 18.0 Å². The molecule has 0 spiro atoms. The number of carboxylic acid groups (broad SMARTS) is 1. The minimum absolute atomic E-state index is 0.0948. The van der Waals surface area contributed by atoms with Gasteiger partial charge in [-0.15, -0.1) is 0 Å². The zero-order chi connectivity index (χ0) is 15.2. The first-order valence-electron chi connectivity index (χ1n) is 6.34. The number of aliphatic hydroxyl groups is 1. The Morgan fingerprint density at radius 3 is 2.60 bits per heavy atom. The molecule has 1 aromatic rings. The maximum absolute atomic E-state index is 11.6. The zero-order valence-electron chi connectivity index (χ0n) is 11.4. The second-order valence-electron chi connectivity index (χ2n) is 5.04. The normalized spacial score (nSPS) is 13.5. The number of carbonyl (C=O) groups is 2. The van der Waals surface area contributed by atoms with E-state index in [1.54, 1.807) is 6.07 Å². The Morgan fingerprint density at radius 2 is 2.00 bits per heavy atom. The van der Waals surface area contributed by atoms with E-state index >= 15 is 0 Å². The average Bonchev–Trinajstić information content (AvgIpc) is 2.34. The molecular formula is C14H20N2O4. The third-order valence-electron chi connectivity index (χ3n) is 2.87. The van der Waals surface area contributed by atoms with Crippen LogP contribution in [0, 0.1) is 0 Å². The molecule has 0 aromatic heterocycles. The van der Waals surface area contributed by atoms with Crippen LogP contribution in [-0.2, 0) is 16.0 Å². The number of carboxylic acids is 1. The molecule has 0 aliphatic heterocycles. The number of carbonyl (C=O) groups excluding carboxylic acids is 1. The van der Waals surface area contributed by atoms with Gasteiger partial charge in [0.2, 0.25) is 5.91 Å². The van der Waals surface area contributed by atoms with Gasteiger partial charge in [0.15, 0.2) is 0 Å².